The summed E-state index contributed by atoms with van der Waals surface area (Å²) < 4.78 is 14.7. The Bertz CT molecular complexity index is 814. The number of ether oxygens (including phenoxy) is 3. The van der Waals surface area contributed by atoms with Gasteiger partial charge in [-0.2, -0.15) is 0 Å². The van der Waals surface area contributed by atoms with Gasteiger partial charge in [0, 0.05) is 44.5 Å². The van der Waals surface area contributed by atoms with Crippen LogP contribution in [-0.4, -0.2) is 86.5 Å². The molecule has 2 aliphatic heterocycles. The Balaban J connectivity index is 2.16. The van der Waals surface area contributed by atoms with Crippen molar-refractivity contribution in [3.63, 3.8) is 0 Å². The Hall–Kier alpha value is -3.37. The molecular weight excluding hydrogens is 410 g/mol. The van der Waals surface area contributed by atoms with Crippen LogP contribution in [0.5, 0.6) is 0 Å². The number of nitrogens with one attached hydrogen (secondary N) is 1. The van der Waals surface area contributed by atoms with Crippen LogP contribution in [0.1, 0.15) is 20.8 Å². The summed E-state index contributed by atoms with van der Waals surface area (Å²) in [5, 5.41) is 2.87. The maximum atomic E-state index is 12.9. The lowest BCUT2D eigenvalue weighted by molar-refractivity contribution is -0.156. The van der Waals surface area contributed by atoms with E-state index >= 15 is 0 Å². The van der Waals surface area contributed by atoms with Gasteiger partial charge in [-0.1, -0.05) is 0 Å². The number of piperazine rings is 1. The van der Waals surface area contributed by atoms with Crippen LogP contribution in [-0.2, 0) is 38.2 Å². The second kappa shape index (κ2) is 10.1. The average molecular weight is 437 g/mol. The Morgan fingerprint density at radius 2 is 1.32 bits per heavy atom. The van der Waals surface area contributed by atoms with Crippen molar-refractivity contribution >= 4 is 29.7 Å². The number of carbonyl (C=O) groups excluding carboxylic acids is 5. The van der Waals surface area contributed by atoms with Crippen LogP contribution in [0.2, 0.25) is 0 Å². The number of amides is 2. The van der Waals surface area contributed by atoms with Gasteiger partial charge in [-0.3, -0.25) is 14.4 Å². The van der Waals surface area contributed by atoms with E-state index in [4.69, 9.17) is 14.2 Å². The van der Waals surface area contributed by atoms with E-state index in [2.05, 4.69) is 5.32 Å². The third kappa shape index (κ3) is 5.22. The summed E-state index contributed by atoms with van der Waals surface area (Å²) in [5.74, 6) is -4.48. The van der Waals surface area contributed by atoms with Gasteiger partial charge in [-0.15, -0.1) is 0 Å². The summed E-state index contributed by atoms with van der Waals surface area (Å²) in [6, 6.07) is 0. The van der Waals surface area contributed by atoms with Gasteiger partial charge < -0.3 is 29.3 Å². The lowest BCUT2D eigenvalue weighted by atomic mass is 9.85. The van der Waals surface area contributed by atoms with Crippen molar-refractivity contribution in [2.45, 2.75) is 20.8 Å². The Labute approximate surface area is 180 Å². The molecule has 2 rings (SSSR count). The molecule has 0 aromatic rings. The summed E-state index contributed by atoms with van der Waals surface area (Å²) in [5.41, 5.74) is 0.457. The fraction of sp³-hybridized carbons (Fsp3) is 0.550. The summed E-state index contributed by atoms with van der Waals surface area (Å²) in [6.07, 6.45) is 0. The van der Waals surface area contributed by atoms with Crippen LogP contribution < -0.4 is 5.32 Å². The minimum atomic E-state index is -1.40. The lowest BCUT2D eigenvalue weighted by Crippen LogP contribution is -2.51. The minimum absolute atomic E-state index is 0.0700. The molecule has 1 saturated heterocycles. The summed E-state index contributed by atoms with van der Waals surface area (Å²) in [7, 11) is 2.30. The molecular formula is C20H27N3O8. The number of dihydropyridines is 1. The fourth-order valence-electron chi connectivity index (χ4n) is 3.57. The van der Waals surface area contributed by atoms with E-state index in [9.17, 15) is 24.0 Å². The molecule has 170 valence electrons. The van der Waals surface area contributed by atoms with Crippen LogP contribution in [0.4, 0.5) is 0 Å². The number of nitrogens with zero attached hydrogens (tertiary/aromatic N) is 2. The molecule has 0 bridgehead atoms. The molecule has 0 aromatic carbocycles. The molecule has 31 heavy (non-hydrogen) atoms. The van der Waals surface area contributed by atoms with Crippen molar-refractivity contribution in [1.82, 2.24) is 15.1 Å². The highest BCUT2D eigenvalue weighted by atomic mass is 16.5. The molecule has 0 saturated carbocycles. The Morgan fingerprint density at radius 1 is 0.871 bits per heavy atom. The monoisotopic (exact) mass is 437 g/mol. The van der Waals surface area contributed by atoms with Crippen molar-refractivity contribution in [2.75, 3.05) is 47.0 Å². The van der Waals surface area contributed by atoms with E-state index in [0.29, 0.717) is 37.6 Å². The molecule has 0 atom stereocenters. The number of hydrogen-bond donors (Lipinski definition) is 1. The molecule has 11 nitrogen and oxygen atoms in total. The first-order chi connectivity index (χ1) is 14.6. The molecule has 0 aliphatic carbocycles. The molecule has 0 spiro atoms. The molecule has 2 amide bonds. The van der Waals surface area contributed by atoms with Crippen LogP contribution in [0, 0.1) is 5.92 Å². The highest BCUT2D eigenvalue weighted by Gasteiger charge is 2.42. The van der Waals surface area contributed by atoms with E-state index in [0.717, 1.165) is 14.2 Å². The maximum Gasteiger partial charge on any atom is 0.336 e. The third-order valence-electron chi connectivity index (χ3n) is 5.22. The van der Waals surface area contributed by atoms with Crippen LogP contribution in [0.25, 0.3) is 0 Å². The zero-order valence-electron chi connectivity index (χ0n) is 18.3. The number of esters is 3. The van der Waals surface area contributed by atoms with Crippen molar-refractivity contribution in [3.8, 4) is 0 Å². The number of methoxy groups -OCH3 is 2. The van der Waals surface area contributed by atoms with Crippen molar-refractivity contribution in [1.29, 1.82) is 0 Å². The topological polar surface area (TPSA) is 132 Å². The summed E-state index contributed by atoms with van der Waals surface area (Å²) >= 11 is 0. The van der Waals surface area contributed by atoms with Crippen molar-refractivity contribution in [3.05, 3.63) is 22.5 Å². The van der Waals surface area contributed by atoms with E-state index in [1.807, 2.05) is 0 Å². The standard InChI is InChI=1S/C20H27N3O8/c1-11-15(18(26)29-4)17(16(12(2)21-11)19(27)30-5)20(28)31-10-14(25)23-8-6-22(7-9-23)13(3)24/h17,21H,6-10H2,1-5H3. The second-order valence-corrected chi connectivity index (χ2v) is 7.11. The van der Waals surface area contributed by atoms with E-state index < -0.39 is 36.3 Å². The van der Waals surface area contributed by atoms with Crippen LogP contribution in [0.15, 0.2) is 22.5 Å². The first-order valence-electron chi connectivity index (χ1n) is 9.67. The second-order valence-electron chi connectivity index (χ2n) is 7.11. The summed E-state index contributed by atoms with van der Waals surface area (Å²) in [4.78, 5) is 64.5. The summed E-state index contributed by atoms with van der Waals surface area (Å²) in [6.45, 7) is 5.45. The van der Waals surface area contributed by atoms with Crippen molar-refractivity contribution in [2.24, 2.45) is 5.92 Å². The molecule has 1 fully saturated rings. The number of rotatable bonds is 5. The fourth-order valence-corrected chi connectivity index (χ4v) is 3.57. The van der Waals surface area contributed by atoms with Gasteiger partial charge in [0.05, 0.1) is 25.4 Å². The van der Waals surface area contributed by atoms with Gasteiger partial charge in [0.2, 0.25) is 5.91 Å². The van der Waals surface area contributed by atoms with Gasteiger partial charge >= 0.3 is 17.9 Å². The molecule has 2 heterocycles. The van der Waals surface area contributed by atoms with Crippen molar-refractivity contribution < 1.29 is 38.2 Å². The molecule has 0 unspecified atom stereocenters. The highest BCUT2D eigenvalue weighted by Crippen LogP contribution is 2.32. The van der Waals surface area contributed by atoms with Crippen LogP contribution in [0.3, 0.4) is 0 Å². The predicted molar refractivity (Wildman–Crippen MR) is 106 cm³/mol. The van der Waals surface area contributed by atoms with E-state index in [1.165, 1.54) is 11.8 Å². The zero-order chi connectivity index (χ0) is 23.3. The highest BCUT2D eigenvalue weighted by molar-refractivity contribution is 6.05. The lowest BCUT2D eigenvalue weighted by Gasteiger charge is -2.34. The Morgan fingerprint density at radius 3 is 1.74 bits per heavy atom. The maximum absolute atomic E-state index is 12.9. The smallest absolute Gasteiger partial charge is 0.336 e. The molecule has 1 N–H and O–H groups in total. The average Bonchev–Trinajstić information content (AvgIpc) is 2.75. The third-order valence-corrected chi connectivity index (χ3v) is 5.22. The number of carbonyl (C=O) groups is 5. The first-order valence-corrected chi connectivity index (χ1v) is 9.67. The largest absolute Gasteiger partial charge is 0.466 e. The molecule has 0 aromatic heterocycles. The van der Waals surface area contributed by atoms with Gasteiger partial charge in [-0.05, 0) is 13.8 Å². The number of allylic oxidation sites excluding steroid dienone is 2. The SMILES string of the molecule is COC(=O)C1=C(C)NC(C)=C(C(=O)OC)C1C(=O)OCC(=O)N1CCN(C(C)=O)CC1. The van der Waals surface area contributed by atoms with Crippen LogP contribution >= 0.6 is 0 Å². The Kier molecular flexibility index (Phi) is 7.78. The molecule has 2 aliphatic rings. The number of hydrogen-bond acceptors (Lipinski definition) is 9. The van der Waals surface area contributed by atoms with Gasteiger partial charge in [0.1, 0.15) is 5.92 Å². The van der Waals surface area contributed by atoms with Gasteiger partial charge in [-0.25, -0.2) is 9.59 Å². The van der Waals surface area contributed by atoms with E-state index in [1.54, 1.807) is 18.7 Å². The quantitative estimate of drug-likeness (QED) is 0.439. The van der Waals surface area contributed by atoms with E-state index in [-0.39, 0.29) is 17.1 Å². The predicted octanol–water partition coefficient (Wildman–Crippen LogP) is -0.666. The first kappa shape index (κ1) is 23.9. The molecule has 0 radical (unpaired) electrons. The van der Waals surface area contributed by atoms with Gasteiger partial charge in [0.25, 0.3) is 5.91 Å². The van der Waals surface area contributed by atoms with Gasteiger partial charge in [0.15, 0.2) is 6.61 Å². The minimum Gasteiger partial charge on any atom is -0.466 e. The molecule has 11 heteroatoms. The zero-order valence-corrected chi connectivity index (χ0v) is 18.3. The normalized spacial score (nSPS) is 17.2.